The van der Waals surface area contributed by atoms with E-state index in [0.717, 1.165) is 66.5 Å². The molecule has 1 N–H and O–H groups in total. The van der Waals surface area contributed by atoms with Gasteiger partial charge in [-0.2, -0.15) is 0 Å². The minimum atomic E-state index is -3.18. The minimum Gasteiger partial charge on any atom is -0.316 e. The van der Waals surface area contributed by atoms with Gasteiger partial charge in [0.2, 0.25) is 10.0 Å². The Labute approximate surface area is 183 Å². The van der Waals surface area contributed by atoms with Crippen LogP contribution in [0.4, 0.5) is 10.9 Å². The quantitative estimate of drug-likeness (QED) is 0.711. The van der Waals surface area contributed by atoms with Crippen molar-refractivity contribution in [1.29, 1.82) is 0 Å². The van der Waals surface area contributed by atoms with Gasteiger partial charge in [0.1, 0.15) is 11.6 Å². The topological polar surface area (TPSA) is 88.1 Å². The van der Waals surface area contributed by atoms with Crippen molar-refractivity contribution < 1.29 is 8.42 Å². The molecule has 7 nitrogen and oxygen atoms in total. The number of rotatable bonds is 6. The Morgan fingerprint density at radius 1 is 1.13 bits per heavy atom. The first-order chi connectivity index (χ1) is 14.4. The molecule has 0 spiro atoms. The Balaban J connectivity index is 1.43. The molecule has 0 amide bonds. The van der Waals surface area contributed by atoms with E-state index in [4.69, 9.17) is 0 Å². The SMILES string of the molecule is Cc1nc(CC2CCCN(S(=O)(=O)C3CCCCC3)C2)cc(Nc2ncc(C)s2)n1. The molecule has 9 heteroatoms. The monoisotopic (exact) mass is 449 g/mol. The molecule has 1 aliphatic heterocycles. The number of sulfonamides is 1. The number of hydrogen-bond donors (Lipinski definition) is 1. The lowest BCUT2D eigenvalue weighted by molar-refractivity contribution is 0.259. The normalized spacial score (nSPS) is 21.6. The van der Waals surface area contributed by atoms with Crippen LogP contribution in [-0.4, -0.2) is 46.0 Å². The summed E-state index contributed by atoms with van der Waals surface area (Å²) in [4.78, 5) is 14.6. The highest BCUT2D eigenvalue weighted by atomic mass is 32.2. The average Bonchev–Trinajstić information content (AvgIpc) is 3.13. The van der Waals surface area contributed by atoms with Crippen LogP contribution in [0.2, 0.25) is 0 Å². The highest BCUT2D eigenvalue weighted by molar-refractivity contribution is 7.89. The van der Waals surface area contributed by atoms with Gasteiger partial charge in [0.25, 0.3) is 0 Å². The third kappa shape index (κ3) is 5.18. The largest absolute Gasteiger partial charge is 0.316 e. The van der Waals surface area contributed by atoms with Crippen molar-refractivity contribution in [3.05, 3.63) is 28.7 Å². The van der Waals surface area contributed by atoms with Crippen molar-refractivity contribution in [2.24, 2.45) is 5.92 Å². The molecule has 1 unspecified atom stereocenters. The van der Waals surface area contributed by atoms with Gasteiger partial charge in [-0.15, -0.1) is 11.3 Å². The summed E-state index contributed by atoms with van der Waals surface area (Å²) in [5, 5.41) is 3.91. The Bertz CT molecular complexity index is 970. The van der Waals surface area contributed by atoms with E-state index in [1.807, 2.05) is 26.1 Å². The predicted molar refractivity (Wildman–Crippen MR) is 121 cm³/mol. The van der Waals surface area contributed by atoms with Gasteiger partial charge in [-0.05, 0) is 51.9 Å². The zero-order valence-electron chi connectivity index (χ0n) is 17.8. The van der Waals surface area contributed by atoms with Gasteiger partial charge in [-0.3, -0.25) is 0 Å². The molecule has 2 fully saturated rings. The molecule has 3 heterocycles. The first-order valence-corrected chi connectivity index (χ1v) is 13.2. The van der Waals surface area contributed by atoms with E-state index in [-0.39, 0.29) is 5.25 Å². The molecule has 2 aromatic heterocycles. The number of piperidine rings is 1. The third-order valence-electron chi connectivity index (χ3n) is 6.06. The summed E-state index contributed by atoms with van der Waals surface area (Å²) in [5.41, 5.74) is 0.959. The van der Waals surface area contributed by atoms with E-state index in [0.29, 0.717) is 24.8 Å². The predicted octanol–water partition coefficient (Wildman–Crippen LogP) is 4.21. The van der Waals surface area contributed by atoms with Crippen LogP contribution in [-0.2, 0) is 16.4 Å². The van der Waals surface area contributed by atoms with Crippen LogP contribution in [0.5, 0.6) is 0 Å². The van der Waals surface area contributed by atoms with Crippen molar-refractivity contribution in [3.63, 3.8) is 0 Å². The maximum Gasteiger partial charge on any atom is 0.216 e. The number of aromatic nitrogens is 3. The van der Waals surface area contributed by atoms with Crippen molar-refractivity contribution >= 4 is 32.3 Å². The molecule has 2 aromatic rings. The summed E-state index contributed by atoms with van der Waals surface area (Å²) in [6.45, 7) is 5.18. The second-order valence-corrected chi connectivity index (χ2v) is 12.0. The zero-order valence-corrected chi connectivity index (χ0v) is 19.4. The fraction of sp³-hybridized carbons (Fsp3) is 0.667. The summed E-state index contributed by atoms with van der Waals surface area (Å²) in [6, 6.07) is 1.97. The summed E-state index contributed by atoms with van der Waals surface area (Å²) in [5.74, 6) is 1.75. The van der Waals surface area contributed by atoms with Crippen LogP contribution in [0.1, 0.15) is 61.3 Å². The summed E-state index contributed by atoms with van der Waals surface area (Å²) in [7, 11) is -3.18. The van der Waals surface area contributed by atoms with E-state index in [2.05, 4.69) is 20.3 Å². The van der Waals surface area contributed by atoms with Crippen LogP contribution in [0.3, 0.4) is 0 Å². The van der Waals surface area contributed by atoms with Gasteiger partial charge in [0, 0.05) is 35.9 Å². The number of hydrogen-bond acceptors (Lipinski definition) is 7. The van der Waals surface area contributed by atoms with Crippen LogP contribution in [0, 0.1) is 19.8 Å². The average molecular weight is 450 g/mol. The number of aryl methyl sites for hydroxylation is 2. The van der Waals surface area contributed by atoms with Gasteiger partial charge in [0.15, 0.2) is 5.13 Å². The lowest BCUT2D eigenvalue weighted by Gasteiger charge is -2.35. The van der Waals surface area contributed by atoms with E-state index < -0.39 is 10.0 Å². The van der Waals surface area contributed by atoms with Gasteiger partial charge >= 0.3 is 0 Å². The Morgan fingerprint density at radius 3 is 2.67 bits per heavy atom. The van der Waals surface area contributed by atoms with Crippen LogP contribution < -0.4 is 5.32 Å². The Kier molecular flexibility index (Phi) is 6.69. The van der Waals surface area contributed by atoms with E-state index in [9.17, 15) is 8.42 Å². The van der Waals surface area contributed by atoms with Crippen molar-refractivity contribution in [2.75, 3.05) is 18.4 Å². The van der Waals surface area contributed by atoms with Crippen LogP contribution in [0.25, 0.3) is 0 Å². The molecule has 1 aliphatic carbocycles. The van der Waals surface area contributed by atoms with E-state index in [1.165, 1.54) is 6.42 Å². The molecular weight excluding hydrogens is 418 g/mol. The minimum absolute atomic E-state index is 0.177. The highest BCUT2D eigenvalue weighted by Crippen LogP contribution is 2.30. The summed E-state index contributed by atoms with van der Waals surface area (Å²) in [6.07, 6.45) is 9.44. The Morgan fingerprint density at radius 2 is 1.93 bits per heavy atom. The molecular formula is C21H31N5O2S2. The molecule has 4 rings (SSSR count). The molecule has 0 aromatic carbocycles. The zero-order chi connectivity index (χ0) is 21.1. The van der Waals surface area contributed by atoms with Gasteiger partial charge in [-0.1, -0.05) is 19.3 Å². The van der Waals surface area contributed by atoms with Gasteiger partial charge in [0.05, 0.1) is 5.25 Å². The number of nitrogens with one attached hydrogen (secondary N) is 1. The number of nitrogens with zero attached hydrogens (tertiary/aromatic N) is 4. The summed E-state index contributed by atoms with van der Waals surface area (Å²) < 4.78 is 28.0. The van der Waals surface area contributed by atoms with Crippen LogP contribution >= 0.6 is 11.3 Å². The second kappa shape index (κ2) is 9.28. The van der Waals surface area contributed by atoms with Crippen LogP contribution in [0.15, 0.2) is 12.3 Å². The van der Waals surface area contributed by atoms with Gasteiger partial charge in [-0.25, -0.2) is 27.7 Å². The number of anilines is 2. The lowest BCUT2D eigenvalue weighted by Crippen LogP contribution is -2.45. The second-order valence-electron chi connectivity index (χ2n) is 8.57. The third-order valence-corrected chi connectivity index (χ3v) is 9.25. The molecule has 1 saturated carbocycles. The lowest BCUT2D eigenvalue weighted by atomic mass is 9.94. The molecule has 1 atom stereocenters. The van der Waals surface area contributed by atoms with Crippen molar-refractivity contribution in [2.45, 2.75) is 70.5 Å². The molecule has 0 radical (unpaired) electrons. The van der Waals surface area contributed by atoms with Gasteiger partial charge < -0.3 is 5.32 Å². The number of thiazole rings is 1. The molecule has 1 saturated heterocycles. The van der Waals surface area contributed by atoms with E-state index in [1.54, 1.807) is 15.6 Å². The fourth-order valence-corrected chi connectivity index (χ4v) is 7.44. The van der Waals surface area contributed by atoms with E-state index >= 15 is 0 Å². The highest BCUT2D eigenvalue weighted by Gasteiger charge is 2.35. The molecule has 164 valence electrons. The van der Waals surface area contributed by atoms with Crippen molar-refractivity contribution in [3.8, 4) is 0 Å². The fourth-order valence-electron chi connectivity index (χ4n) is 4.61. The first-order valence-electron chi connectivity index (χ1n) is 10.9. The standard InChI is InChI=1S/C21H31N5O2S2/c1-15-13-22-21(29-15)25-20-12-18(23-16(2)24-20)11-17-7-6-10-26(14-17)30(27,28)19-8-4-3-5-9-19/h12-13,17,19H,3-11,14H2,1-2H3,(H,22,23,24,25). The smallest absolute Gasteiger partial charge is 0.216 e. The maximum absolute atomic E-state index is 13.1. The maximum atomic E-state index is 13.1. The molecule has 2 aliphatic rings. The van der Waals surface area contributed by atoms with Crippen molar-refractivity contribution in [1.82, 2.24) is 19.3 Å². The Hall–Kier alpha value is -1.58. The summed E-state index contributed by atoms with van der Waals surface area (Å²) >= 11 is 1.59. The molecule has 0 bridgehead atoms. The first kappa shape index (κ1) is 21.6. The molecule has 30 heavy (non-hydrogen) atoms.